The Balaban J connectivity index is 2.30. The SMILES string of the molecule is N#CC1CCc2ccncc2S1. The average Bonchev–Trinajstić information content (AvgIpc) is 2.17. The summed E-state index contributed by atoms with van der Waals surface area (Å²) in [6, 6.07) is 4.32. The highest BCUT2D eigenvalue weighted by atomic mass is 32.2. The Hall–Kier alpha value is -1.01. The van der Waals surface area contributed by atoms with E-state index in [2.05, 4.69) is 11.1 Å². The Labute approximate surface area is 75.6 Å². The van der Waals surface area contributed by atoms with E-state index in [0.717, 1.165) is 12.8 Å². The number of fused-ring (bicyclic) bond motifs is 1. The van der Waals surface area contributed by atoms with Gasteiger partial charge in [0.15, 0.2) is 0 Å². The molecule has 1 aromatic rings. The number of thioether (sulfide) groups is 1. The van der Waals surface area contributed by atoms with Gasteiger partial charge in [-0.1, -0.05) is 0 Å². The zero-order valence-corrected chi connectivity index (χ0v) is 7.34. The summed E-state index contributed by atoms with van der Waals surface area (Å²) in [5, 5.41) is 8.85. The van der Waals surface area contributed by atoms with Crippen LogP contribution in [0, 0.1) is 11.3 Å². The van der Waals surface area contributed by atoms with Gasteiger partial charge in [-0.25, -0.2) is 0 Å². The van der Waals surface area contributed by atoms with Crippen molar-refractivity contribution in [1.29, 1.82) is 5.26 Å². The molecule has 0 fully saturated rings. The summed E-state index contributed by atoms with van der Waals surface area (Å²) in [6.07, 6.45) is 5.65. The first kappa shape index (κ1) is 7.63. The van der Waals surface area contributed by atoms with Crippen LogP contribution in [-0.2, 0) is 6.42 Å². The Kier molecular flexibility index (Phi) is 2.01. The fourth-order valence-electron chi connectivity index (χ4n) is 1.31. The number of aryl methyl sites for hydroxylation is 1. The van der Waals surface area contributed by atoms with Crippen LogP contribution >= 0.6 is 11.8 Å². The number of nitriles is 1. The first-order chi connectivity index (χ1) is 5.90. The highest BCUT2D eigenvalue weighted by Crippen LogP contribution is 2.33. The zero-order chi connectivity index (χ0) is 8.39. The van der Waals surface area contributed by atoms with Crippen molar-refractivity contribution in [2.24, 2.45) is 0 Å². The summed E-state index contributed by atoms with van der Waals surface area (Å²) >= 11 is 1.63. The summed E-state index contributed by atoms with van der Waals surface area (Å²) in [4.78, 5) is 5.21. The molecule has 1 aliphatic rings. The third-order valence-corrected chi connectivity index (χ3v) is 3.21. The molecule has 0 saturated carbocycles. The van der Waals surface area contributed by atoms with Crippen LogP contribution in [0.1, 0.15) is 12.0 Å². The molecule has 0 aliphatic carbocycles. The van der Waals surface area contributed by atoms with Gasteiger partial charge in [-0.15, -0.1) is 11.8 Å². The maximum Gasteiger partial charge on any atom is 0.0967 e. The number of pyridine rings is 1. The van der Waals surface area contributed by atoms with Gasteiger partial charge >= 0.3 is 0 Å². The molecular weight excluding hydrogens is 168 g/mol. The van der Waals surface area contributed by atoms with Crippen molar-refractivity contribution in [3.05, 3.63) is 24.0 Å². The molecule has 2 nitrogen and oxygen atoms in total. The lowest BCUT2D eigenvalue weighted by Crippen LogP contribution is -2.08. The Morgan fingerprint density at radius 2 is 2.58 bits per heavy atom. The monoisotopic (exact) mass is 176 g/mol. The molecule has 0 amide bonds. The topological polar surface area (TPSA) is 36.7 Å². The van der Waals surface area contributed by atoms with E-state index >= 15 is 0 Å². The molecule has 1 aliphatic heterocycles. The third kappa shape index (κ3) is 1.30. The van der Waals surface area contributed by atoms with E-state index in [-0.39, 0.29) is 5.25 Å². The van der Waals surface area contributed by atoms with Gasteiger partial charge in [-0.2, -0.15) is 5.26 Å². The lowest BCUT2D eigenvalue weighted by Gasteiger charge is -2.17. The van der Waals surface area contributed by atoms with Gasteiger partial charge in [0.2, 0.25) is 0 Å². The minimum atomic E-state index is 0.127. The van der Waals surface area contributed by atoms with E-state index in [4.69, 9.17) is 5.26 Å². The van der Waals surface area contributed by atoms with Gasteiger partial charge in [0, 0.05) is 17.3 Å². The van der Waals surface area contributed by atoms with E-state index in [9.17, 15) is 0 Å². The summed E-state index contributed by atoms with van der Waals surface area (Å²) in [6.45, 7) is 0. The number of nitrogens with zero attached hydrogens (tertiary/aromatic N) is 2. The van der Waals surface area contributed by atoms with Crippen LogP contribution < -0.4 is 0 Å². The smallest absolute Gasteiger partial charge is 0.0967 e. The lowest BCUT2D eigenvalue weighted by atomic mass is 10.1. The first-order valence-electron chi connectivity index (χ1n) is 3.89. The summed E-state index contributed by atoms with van der Waals surface area (Å²) in [5.41, 5.74) is 1.33. The highest BCUT2D eigenvalue weighted by molar-refractivity contribution is 8.00. The molecular formula is C9H8N2S. The minimum Gasteiger partial charge on any atom is -0.264 e. The summed E-state index contributed by atoms with van der Waals surface area (Å²) in [5.74, 6) is 0. The van der Waals surface area contributed by atoms with Gasteiger partial charge in [0.05, 0.1) is 11.3 Å². The molecule has 0 radical (unpaired) electrons. The molecule has 2 heterocycles. The van der Waals surface area contributed by atoms with Crippen LogP contribution in [0.25, 0.3) is 0 Å². The molecule has 0 N–H and O–H groups in total. The van der Waals surface area contributed by atoms with Crippen LogP contribution in [0.15, 0.2) is 23.4 Å². The largest absolute Gasteiger partial charge is 0.264 e. The van der Waals surface area contributed by atoms with E-state index in [1.807, 2.05) is 18.5 Å². The molecule has 1 aromatic heterocycles. The standard InChI is InChI=1S/C9H8N2S/c10-5-8-2-1-7-3-4-11-6-9(7)12-8/h3-4,6,8H,1-2H2. The summed E-state index contributed by atoms with van der Waals surface area (Å²) < 4.78 is 0. The Morgan fingerprint density at radius 3 is 3.42 bits per heavy atom. The number of rotatable bonds is 0. The van der Waals surface area contributed by atoms with E-state index in [1.165, 1.54) is 10.5 Å². The molecule has 1 atom stereocenters. The fourth-order valence-corrected chi connectivity index (χ4v) is 2.35. The van der Waals surface area contributed by atoms with E-state index in [0.29, 0.717) is 0 Å². The average molecular weight is 176 g/mol. The molecule has 0 bridgehead atoms. The van der Waals surface area contributed by atoms with Crippen molar-refractivity contribution >= 4 is 11.8 Å². The molecule has 0 spiro atoms. The predicted molar refractivity (Wildman–Crippen MR) is 47.8 cm³/mol. The van der Waals surface area contributed by atoms with Crippen molar-refractivity contribution in [1.82, 2.24) is 4.98 Å². The maximum absolute atomic E-state index is 8.73. The summed E-state index contributed by atoms with van der Waals surface area (Å²) in [7, 11) is 0. The number of aromatic nitrogens is 1. The fraction of sp³-hybridized carbons (Fsp3) is 0.333. The molecule has 3 heteroatoms. The van der Waals surface area contributed by atoms with Gasteiger partial charge in [-0.3, -0.25) is 4.98 Å². The second-order valence-corrected chi connectivity index (χ2v) is 4.00. The van der Waals surface area contributed by atoms with Gasteiger partial charge in [0.1, 0.15) is 0 Å². The van der Waals surface area contributed by atoms with Gasteiger partial charge < -0.3 is 0 Å². The molecule has 12 heavy (non-hydrogen) atoms. The van der Waals surface area contributed by atoms with Gasteiger partial charge in [0.25, 0.3) is 0 Å². The maximum atomic E-state index is 8.73. The van der Waals surface area contributed by atoms with Crippen molar-refractivity contribution in [2.45, 2.75) is 23.0 Å². The quantitative estimate of drug-likeness (QED) is 0.606. The van der Waals surface area contributed by atoms with Crippen LogP contribution in [0.2, 0.25) is 0 Å². The van der Waals surface area contributed by atoms with Crippen molar-refractivity contribution in [3.63, 3.8) is 0 Å². The molecule has 2 rings (SSSR count). The Morgan fingerprint density at radius 1 is 1.67 bits per heavy atom. The second kappa shape index (κ2) is 3.16. The van der Waals surface area contributed by atoms with Crippen LogP contribution in [-0.4, -0.2) is 10.2 Å². The van der Waals surface area contributed by atoms with E-state index in [1.54, 1.807) is 11.8 Å². The second-order valence-electron chi connectivity index (χ2n) is 2.76. The van der Waals surface area contributed by atoms with Crippen LogP contribution in [0.5, 0.6) is 0 Å². The van der Waals surface area contributed by atoms with Crippen LogP contribution in [0.4, 0.5) is 0 Å². The van der Waals surface area contributed by atoms with Crippen molar-refractivity contribution in [3.8, 4) is 6.07 Å². The minimum absolute atomic E-state index is 0.127. The number of hydrogen-bond acceptors (Lipinski definition) is 3. The first-order valence-corrected chi connectivity index (χ1v) is 4.77. The van der Waals surface area contributed by atoms with E-state index < -0.39 is 0 Å². The molecule has 60 valence electrons. The molecule has 0 aromatic carbocycles. The normalized spacial score (nSPS) is 21.1. The highest BCUT2D eigenvalue weighted by Gasteiger charge is 2.18. The van der Waals surface area contributed by atoms with Crippen LogP contribution in [0.3, 0.4) is 0 Å². The number of hydrogen-bond donors (Lipinski definition) is 0. The predicted octanol–water partition coefficient (Wildman–Crippen LogP) is 2.01. The Bertz CT molecular complexity index is 330. The molecule has 0 saturated heterocycles. The zero-order valence-electron chi connectivity index (χ0n) is 6.53. The third-order valence-electron chi connectivity index (χ3n) is 1.96. The van der Waals surface area contributed by atoms with Gasteiger partial charge in [-0.05, 0) is 24.5 Å². The lowest BCUT2D eigenvalue weighted by molar-refractivity contribution is 0.822. The van der Waals surface area contributed by atoms with Crippen molar-refractivity contribution < 1.29 is 0 Å². The van der Waals surface area contributed by atoms with Crippen molar-refractivity contribution in [2.75, 3.05) is 0 Å². The molecule has 1 unspecified atom stereocenters.